The Balaban J connectivity index is 1.53. The zero-order valence-corrected chi connectivity index (χ0v) is 18.5. The van der Waals surface area contributed by atoms with Gasteiger partial charge in [-0.15, -0.1) is 0 Å². The Morgan fingerprint density at radius 3 is 2.35 bits per heavy atom. The van der Waals surface area contributed by atoms with E-state index in [0.29, 0.717) is 23.1 Å². The van der Waals surface area contributed by atoms with E-state index in [9.17, 15) is 14.7 Å². The third kappa shape index (κ3) is 5.60. The fourth-order valence-corrected chi connectivity index (χ4v) is 3.51. The molecule has 4 rings (SSSR count). The molecule has 1 aromatic heterocycles. The van der Waals surface area contributed by atoms with Crippen LogP contribution in [0.1, 0.15) is 33.5 Å². The van der Waals surface area contributed by atoms with Crippen molar-refractivity contribution in [1.29, 1.82) is 0 Å². The number of benzene rings is 3. The SMILES string of the molecule is COC(=O)c1ccc2oc(C(O)C(Cc3ccccc3)NC(=O)OCc3ccccc3)nc2c1. The molecule has 2 N–H and O–H groups in total. The van der Waals surface area contributed by atoms with Crippen molar-refractivity contribution >= 4 is 23.2 Å². The third-order valence-corrected chi connectivity index (χ3v) is 5.27. The summed E-state index contributed by atoms with van der Waals surface area (Å²) in [6, 6.07) is 22.6. The lowest BCUT2D eigenvalue weighted by Crippen LogP contribution is -2.41. The maximum atomic E-state index is 12.5. The second kappa shape index (κ2) is 10.6. The molecule has 0 bridgehead atoms. The minimum atomic E-state index is -1.27. The lowest BCUT2D eigenvalue weighted by Gasteiger charge is -2.22. The maximum Gasteiger partial charge on any atom is 0.407 e. The summed E-state index contributed by atoms with van der Waals surface area (Å²) in [5, 5.41) is 13.8. The summed E-state index contributed by atoms with van der Waals surface area (Å²) in [5.41, 5.74) is 2.85. The molecule has 8 nitrogen and oxygen atoms in total. The number of fused-ring (bicyclic) bond motifs is 1. The van der Waals surface area contributed by atoms with Crippen molar-refractivity contribution in [2.24, 2.45) is 0 Å². The minimum absolute atomic E-state index is 0.0151. The standard InChI is InChI=1S/C26H24N2O6/c1-32-25(30)19-12-13-22-20(15-19)27-24(34-22)23(29)21(14-17-8-4-2-5-9-17)28-26(31)33-16-18-10-6-3-7-11-18/h2-13,15,21,23,29H,14,16H2,1H3,(H,28,31). The van der Waals surface area contributed by atoms with Gasteiger partial charge < -0.3 is 24.3 Å². The van der Waals surface area contributed by atoms with E-state index in [1.165, 1.54) is 13.2 Å². The second-order valence-electron chi connectivity index (χ2n) is 7.67. The smallest absolute Gasteiger partial charge is 0.407 e. The summed E-state index contributed by atoms with van der Waals surface area (Å²) in [7, 11) is 1.29. The summed E-state index contributed by atoms with van der Waals surface area (Å²) in [4.78, 5) is 28.7. The Bertz CT molecular complexity index is 1260. The summed E-state index contributed by atoms with van der Waals surface area (Å²) in [5.74, 6) is -0.488. The number of aromatic nitrogens is 1. The van der Waals surface area contributed by atoms with Crippen LogP contribution >= 0.6 is 0 Å². The van der Waals surface area contributed by atoms with Crippen LogP contribution in [-0.4, -0.2) is 35.3 Å². The molecule has 0 radical (unpaired) electrons. The van der Waals surface area contributed by atoms with Gasteiger partial charge in [0, 0.05) is 0 Å². The number of carbonyl (C=O) groups is 2. The normalized spacial score (nSPS) is 12.6. The third-order valence-electron chi connectivity index (χ3n) is 5.27. The average molecular weight is 460 g/mol. The van der Waals surface area contributed by atoms with Gasteiger partial charge in [0.05, 0.1) is 18.7 Å². The number of hydrogen-bond acceptors (Lipinski definition) is 7. The quantitative estimate of drug-likeness (QED) is 0.379. The van der Waals surface area contributed by atoms with E-state index < -0.39 is 24.2 Å². The number of nitrogens with one attached hydrogen (secondary N) is 1. The number of aliphatic hydroxyl groups excluding tert-OH is 1. The van der Waals surface area contributed by atoms with Crippen LogP contribution in [0.4, 0.5) is 4.79 Å². The molecule has 1 amide bonds. The van der Waals surface area contributed by atoms with Crippen LogP contribution in [0, 0.1) is 0 Å². The predicted octanol–water partition coefficient (Wildman–Crippen LogP) is 4.19. The summed E-state index contributed by atoms with van der Waals surface area (Å²) in [6.45, 7) is 0.0972. The molecule has 0 aliphatic carbocycles. The van der Waals surface area contributed by atoms with Crippen LogP contribution < -0.4 is 5.32 Å². The van der Waals surface area contributed by atoms with Gasteiger partial charge in [-0.1, -0.05) is 60.7 Å². The van der Waals surface area contributed by atoms with E-state index in [2.05, 4.69) is 10.3 Å². The van der Waals surface area contributed by atoms with Gasteiger partial charge in [0.15, 0.2) is 11.7 Å². The van der Waals surface area contributed by atoms with Crippen molar-refractivity contribution < 1.29 is 28.6 Å². The molecule has 0 aliphatic rings. The predicted molar refractivity (Wildman–Crippen MR) is 124 cm³/mol. The van der Waals surface area contributed by atoms with E-state index in [0.717, 1.165) is 11.1 Å². The number of ether oxygens (including phenoxy) is 2. The van der Waals surface area contributed by atoms with E-state index in [1.807, 2.05) is 60.7 Å². The number of rotatable bonds is 8. The molecule has 4 aromatic rings. The molecule has 0 aliphatic heterocycles. The fraction of sp³-hybridized carbons (Fsp3) is 0.192. The number of aliphatic hydroxyl groups is 1. The number of amides is 1. The Hall–Kier alpha value is -4.17. The van der Waals surface area contributed by atoms with Crippen molar-refractivity contribution in [3.63, 3.8) is 0 Å². The number of hydrogen-bond donors (Lipinski definition) is 2. The van der Waals surface area contributed by atoms with E-state index in [-0.39, 0.29) is 12.5 Å². The monoisotopic (exact) mass is 460 g/mol. The lowest BCUT2D eigenvalue weighted by atomic mass is 10.0. The highest BCUT2D eigenvalue weighted by molar-refractivity contribution is 5.93. The largest absolute Gasteiger partial charge is 0.465 e. The topological polar surface area (TPSA) is 111 Å². The van der Waals surface area contributed by atoms with Crippen LogP contribution in [-0.2, 0) is 22.5 Å². The first-order valence-corrected chi connectivity index (χ1v) is 10.7. The number of oxazole rings is 1. The van der Waals surface area contributed by atoms with Crippen LogP contribution in [0.15, 0.2) is 83.3 Å². The van der Waals surface area contributed by atoms with Gasteiger partial charge in [0.25, 0.3) is 0 Å². The van der Waals surface area contributed by atoms with E-state index in [1.54, 1.807) is 12.1 Å². The Kier molecular flexibility index (Phi) is 7.19. The zero-order chi connectivity index (χ0) is 23.9. The lowest BCUT2D eigenvalue weighted by molar-refractivity contribution is 0.0601. The zero-order valence-electron chi connectivity index (χ0n) is 18.5. The van der Waals surface area contributed by atoms with E-state index >= 15 is 0 Å². The summed E-state index contributed by atoms with van der Waals surface area (Å²) in [6.07, 6.45) is -1.62. The van der Waals surface area contributed by atoms with Crippen LogP contribution in [0.3, 0.4) is 0 Å². The molecular weight excluding hydrogens is 436 g/mol. The first-order chi connectivity index (χ1) is 16.5. The van der Waals surface area contributed by atoms with Crippen LogP contribution in [0.2, 0.25) is 0 Å². The maximum absolute atomic E-state index is 12.5. The van der Waals surface area contributed by atoms with Crippen LogP contribution in [0.25, 0.3) is 11.1 Å². The molecule has 2 atom stereocenters. The van der Waals surface area contributed by atoms with Gasteiger partial charge >= 0.3 is 12.1 Å². The van der Waals surface area contributed by atoms with Gasteiger partial charge in [-0.25, -0.2) is 14.6 Å². The van der Waals surface area contributed by atoms with Gasteiger partial charge in [-0.2, -0.15) is 0 Å². The molecule has 34 heavy (non-hydrogen) atoms. The molecular formula is C26H24N2O6. The molecule has 2 unspecified atom stereocenters. The first kappa shape index (κ1) is 23.0. The number of esters is 1. The molecule has 1 heterocycles. The molecule has 0 fully saturated rings. The molecule has 0 saturated carbocycles. The molecule has 3 aromatic carbocycles. The van der Waals surface area contributed by atoms with Crippen molar-refractivity contribution in [3.8, 4) is 0 Å². The fourth-order valence-electron chi connectivity index (χ4n) is 3.51. The van der Waals surface area contributed by atoms with Crippen molar-refractivity contribution in [3.05, 3.63) is 101 Å². The number of methoxy groups -OCH3 is 1. The van der Waals surface area contributed by atoms with Crippen molar-refractivity contribution in [2.45, 2.75) is 25.2 Å². The van der Waals surface area contributed by atoms with Gasteiger partial charge in [-0.05, 0) is 35.7 Å². The Labute approximate surface area is 196 Å². The molecule has 0 spiro atoms. The summed E-state index contributed by atoms with van der Waals surface area (Å²) < 4.78 is 15.8. The molecule has 8 heteroatoms. The highest BCUT2D eigenvalue weighted by Crippen LogP contribution is 2.25. The van der Waals surface area contributed by atoms with E-state index in [4.69, 9.17) is 13.9 Å². The Morgan fingerprint density at radius 2 is 1.68 bits per heavy atom. The molecule has 174 valence electrons. The summed E-state index contributed by atoms with van der Waals surface area (Å²) >= 11 is 0. The van der Waals surface area contributed by atoms with Crippen molar-refractivity contribution in [1.82, 2.24) is 10.3 Å². The highest BCUT2D eigenvalue weighted by Gasteiger charge is 2.28. The van der Waals surface area contributed by atoms with Gasteiger partial charge in [-0.3, -0.25) is 0 Å². The Morgan fingerprint density at radius 1 is 1.00 bits per heavy atom. The number of nitrogens with zero attached hydrogens (tertiary/aromatic N) is 1. The van der Waals surface area contributed by atoms with Crippen molar-refractivity contribution in [2.75, 3.05) is 7.11 Å². The minimum Gasteiger partial charge on any atom is -0.465 e. The number of carbonyl (C=O) groups excluding carboxylic acids is 2. The van der Waals surface area contributed by atoms with Gasteiger partial charge in [0.2, 0.25) is 5.89 Å². The molecule has 0 saturated heterocycles. The second-order valence-corrected chi connectivity index (χ2v) is 7.67. The van der Waals surface area contributed by atoms with Crippen LogP contribution in [0.5, 0.6) is 0 Å². The number of alkyl carbamates (subject to hydrolysis) is 1. The first-order valence-electron chi connectivity index (χ1n) is 10.7. The van der Waals surface area contributed by atoms with Gasteiger partial charge in [0.1, 0.15) is 12.1 Å². The highest BCUT2D eigenvalue weighted by atomic mass is 16.5. The average Bonchev–Trinajstić information content (AvgIpc) is 3.31.